The Kier molecular flexibility index (Phi) is 2.94. The molecule has 0 N–H and O–H groups in total. The van der Waals surface area contributed by atoms with Crippen molar-refractivity contribution in [1.82, 2.24) is 0 Å². The van der Waals surface area contributed by atoms with Crippen molar-refractivity contribution >= 4 is 66.0 Å². The van der Waals surface area contributed by atoms with Crippen LogP contribution in [0.1, 0.15) is 11.1 Å². The van der Waals surface area contributed by atoms with Crippen molar-refractivity contribution < 1.29 is 26.3 Å². The number of hydrogen-bond acceptors (Lipinski definition) is 2. The normalized spacial score (nSPS) is 21.2. The molecule has 0 saturated carbocycles. The minimum absolute atomic E-state index is 0.0357. The van der Waals surface area contributed by atoms with E-state index in [1.54, 1.807) is 0 Å². The SMILES string of the molecule is FC1(F)c2c(c3cc(Cl)sc3c3sc(Cl)cc23)C(F)(F)C1(F)F. The quantitative estimate of drug-likeness (QED) is 0.344. The number of thiophene rings is 2. The molecule has 0 radical (unpaired) electrons. The van der Waals surface area contributed by atoms with Crippen LogP contribution in [-0.4, -0.2) is 5.92 Å². The third-order valence-corrected chi connectivity index (χ3v) is 6.51. The van der Waals surface area contributed by atoms with Gasteiger partial charge in [-0.25, -0.2) is 0 Å². The van der Waals surface area contributed by atoms with Gasteiger partial charge in [-0.05, 0) is 12.1 Å². The van der Waals surface area contributed by atoms with Crippen molar-refractivity contribution in [3.8, 4) is 0 Å². The topological polar surface area (TPSA) is 0 Å². The van der Waals surface area contributed by atoms with Gasteiger partial charge in [0.25, 0.3) is 0 Å². The van der Waals surface area contributed by atoms with Gasteiger partial charge in [-0.2, -0.15) is 26.3 Å². The summed E-state index contributed by atoms with van der Waals surface area (Å²) in [6, 6.07) is 2.03. The number of alkyl halides is 6. The molecule has 0 atom stereocenters. The largest absolute Gasteiger partial charge is 0.380 e. The van der Waals surface area contributed by atoms with Crippen LogP contribution in [0.4, 0.5) is 26.3 Å². The Bertz CT molecular complexity index is 910. The van der Waals surface area contributed by atoms with E-state index in [1.807, 2.05) is 0 Å². The lowest BCUT2D eigenvalue weighted by atomic mass is 10.0. The van der Waals surface area contributed by atoms with Gasteiger partial charge in [0.15, 0.2) is 0 Å². The lowest BCUT2D eigenvalue weighted by molar-refractivity contribution is -0.301. The smallest absolute Gasteiger partial charge is 0.194 e. The summed E-state index contributed by atoms with van der Waals surface area (Å²) < 4.78 is 84.7. The molecule has 0 amide bonds. The van der Waals surface area contributed by atoms with Crippen molar-refractivity contribution in [2.75, 3.05) is 0 Å². The minimum Gasteiger partial charge on any atom is -0.194 e. The maximum atomic E-state index is 14.2. The zero-order valence-corrected chi connectivity index (χ0v) is 13.6. The lowest BCUT2D eigenvalue weighted by Gasteiger charge is -2.23. The molecule has 122 valence electrons. The van der Waals surface area contributed by atoms with Crippen molar-refractivity contribution in [3.63, 3.8) is 0 Å². The van der Waals surface area contributed by atoms with Crippen LogP contribution in [0, 0.1) is 0 Å². The second-order valence-electron chi connectivity index (χ2n) is 5.06. The highest BCUT2D eigenvalue weighted by Crippen LogP contribution is 2.67. The molecule has 0 spiro atoms. The predicted octanol–water partition coefficient (Wildman–Crippen LogP) is 7.26. The Morgan fingerprint density at radius 1 is 0.696 bits per heavy atom. The van der Waals surface area contributed by atoms with Crippen molar-refractivity contribution in [2.24, 2.45) is 0 Å². The molecule has 0 fully saturated rings. The summed E-state index contributed by atoms with van der Waals surface area (Å²) in [6.45, 7) is 0. The summed E-state index contributed by atoms with van der Waals surface area (Å²) >= 11 is 13.3. The van der Waals surface area contributed by atoms with Crippen molar-refractivity contribution in [1.29, 1.82) is 0 Å². The van der Waals surface area contributed by atoms with Crippen LogP contribution in [0.3, 0.4) is 0 Å². The number of rotatable bonds is 0. The summed E-state index contributed by atoms with van der Waals surface area (Å²) in [6.07, 6.45) is 0. The molecule has 4 rings (SSSR count). The third-order valence-electron chi connectivity index (χ3n) is 3.82. The molecule has 1 aliphatic rings. The minimum atomic E-state index is -5.54. The Labute approximate surface area is 142 Å². The van der Waals surface area contributed by atoms with E-state index in [0.717, 1.165) is 34.8 Å². The molecule has 0 nitrogen and oxygen atoms in total. The number of benzene rings is 1. The highest BCUT2D eigenvalue weighted by Gasteiger charge is 2.80. The average molecular weight is 407 g/mol. The molecular formula is C13H2Cl2F6S2. The van der Waals surface area contributed by atoms with Gasteiger partial charge in [0.2, 0.25) is 0 Å². The third kappa shape index (κ3) is 1.65. The van der Waals surface area contributed by atoms with Crippen molar-refractivity contribution in [2.45, 2.75) is 17.8 Å². The van der Waals surface area contributed by atoms with Gasteiger partial charge in [-0.3, -0.25) is 0 Å². The van der Waals surface area contributed by atoms with Crippen LogP contribution < -0.4 is 0 Å². The fraction of sp³-hybridized carbons (Fsp3) is 0.231. The molecule has 2 aromatic heterocycles. The van der Waals surface area contributed by atoms with Gasteiger partial charge in [0, 0.05) is 21.9 Å². The molecule has 0 bridgehead atoms. The Morgan fingerprint density at radius 2 is 1.04 bits per heavy atom. The molecule has 1 aliphatic carbocycles. The summed E-state index contributed by atoms with van der Waals surface area (Å²) in [7, 11) is 0. The molecule has 10 heteroatoms. The second-order valence-corrected chi connectivity index (χ2v) is 8.43. The highest BCUT2D eigenvalue weighted by atomic mass is 35.5. The summed E-state index contributed by atoms with van der Waals surface area (Å²) in [5.74, 6) is -15.6. The van der Waals surface area contributed by atoms with Crippen molar-refractivity contribution in [3.05, 3.63) is 31.9 Å². The predicted molar refractivity (Wildman–Crippen MR) is 80.0 cm³/mol. The fourth-order valence-electron chi connectivity index (χ4n) is 2.86. The Balaban J connectivity index is 2.35. The van der Waals surface area contributed by atoms with E-state index in [2.05, 4.69) is 0 Å². The van der Waals surface area contributed by atoms with E-state index in [1.165, 1.54) is 0 Å². The molecule has 1 aromatic carbocycles. The number of halogens is 8. The van der Waals surface area contributed by atoms with Gasteiger partial charge >= 0.3 is 17.8 Å². The Morgan fingerprint density at radius 3 is 1.39 bits per heavy atom. The fourth-order valence-corrected chi connectivity index (χ4v) is 5.49. The molecule has 23 heavy (non-hydrogen) atoms. The average Bonchev–Trinajstić information content (AvgIpc) is 2.99. The number of fused-ring (bicyclic) bond motifs is 6. The zero-order valence-electron chi connectivity index (χ0n) is 10.5. The molecular weight excluding hydrogens is 405 g/mol. The second kappa shape index (κ2) is 4.28. The van der Waals surface area contributed by atoms with Gasteiger partial charge in [-0.15, -0.1) is 22.7 Å². The van der Waals surface area contributed by atoms with Crippen LogP contribution in [0.15, 0.2) is 12.1 Å². The highest BCUT2D eigenvalue weighted by molar-refractivity contribution is 7.30. The van der Waals surface area contributed by atoms with Crippen LogP contribution in [0.2, 0.25) is 8.67 Å². The lowest BCUT2D eigenvalue weighted by Crippen LogP contribution is -2.43. The van der Waals surface area contributed by atoms with Crippen LogP contribution in [0.25, 0.3) is 20.2 Å². The van der Waals surface area contributed by atoms with E-state index in [9.17, 15) is 26.3 Å². The summed E-state index contributed by atoms with van der Waals surface area (Å²) in [4.78, 5) is 0. The van der Waals surface area contributed by atoms with Gasteiger partial charge in [-0.1, -0.05) is 23.2 Å². The summed E-state index contributed by atoms with van der Waals surface area (Å²) in [5, 5.41) is -0.772. The van der Waals surface area contributed by atoms with E-state index in [0.29, 0.717) is 0 Å². The first-order valence-electron chi connectivity index (χ1n) is 5.98. The maximum Gasteiger partial charge on any atom is 0.380 e. The van der Waals surface area contributed by atoms with Crippen LogP contribution in [0.5, 0.6) is 0 Å². The van der Waals surface area contributed by atoms with E-state index < -0.39 is 28.9 Å². The van der Waals surface area contributed by atoms with Gasteiger partial charge < -0.3 is 0 Å². The standard InChI is InChI=1S/C13H2Cl2F6S2/c14-5-1-3-7-8(12(18,19)13(20,21)11(7,16)17)4-2-6(15)23-10(4)9(3)22-5/h1-2H. The van der Waals surface area contributed by atoms with E-state index in [4.69, 9.17) is 23.2 Å². The number of hydrogen-bond donors (Lipinski definition) is 0. The molecule has 2 heterocycles. The maximum absolute atomic E-state index is 14.2. The van der Waals surface area contributed by atoms with E-state index >= 15 is 0 Å². The Hall–Kier alpha value is -0.700. The van der Waals surface area contributed by atoms with Crippen LogP contribution >= 0.6 is 45.9 Å². The molecule has 3 aromatic rings. The first-order valence-corrected chi connectivity index (χ1v) is 8.37. The molecule has 0 aliphatic heterocycles. The zero-order chi connectivity index (χ0) is 16.9. The first kappa shape index (κ1) is 15.8. The monoisotopic (exact) mass is 406 g/mol. The van der Waals surface area contributed by atoms with Gasteiger partial charge in [0.05, 0.1) is 18.1 Å². The van der Waals surface area contributed by atoms with Crippen LogP contribution in [-0.2, 0) is 11.8 Å². The molecule has 0 unspecified atom stereocenters. The first-order chi connectivity index (χ1) is 10.5. The van der Waals surface area contributed by atoms with E-state index in [-0.39, 0.29) is 28.8 Å². The van der Waals surface area contributed by atoms with Gasteiger partial charge in [0.1, 0.15) is 0 Å². The summed E-state index contributed by atoms with van der Waals surface area (Å²) in [5.41, 5.74) is -2.74. The molecule has 0 saturated heterocycles.